The van der Waals surface area contributed by atoms with E-state index in [4.69, 9.17) is 10.5 Å². The Morgan fingerprint density at radius 2 is 1.85 bits per heavy atom. The van der Waals surface area contributed by atoms with Crippen LogP contribution >= 0.6 is 0 Å². The van der Waals surface area contributed by atoms with E-state index >= 15 is 0 Å². The molecule has 0 saturated carbocycles. The van der Waals surface area contributed by atoms with Gasteiger partial charge in [-0.3, -0.25) is 4.79 Å². The van der Waals surface area contributed by atoms with E-state index in [2.05, 4.69) is 5.32 Å². The molecule has 0 fully saturated rings. The predicted molar refractivity (Wildman–Crippen MR) is 76.0 cm³/mol. The molecule has 0 aliphatic heterocycles. The van der Waals surface area contributed by atoms with Gasteiger partial charge in [0.1, 0.15) is 11.6 Å². The van der Waals surface area contributed by atoms with E-state index in [-0.39, 0.29) is 24.6 Å². The average Bonchev–Trinajstić information content (AvgIpc) is 2.44. The number of nitrogen functional groups attached to an aromatic ring is 1. The molecule has 0 aromatic heterocycles. The summed E-state index contributed by atoms with van der Waals surface area (Å²) >= 11 is 0. The van der Waals surface area contributed by atoms with Crippen LogP contribution in [-0.4, -0.2) is 12.5 Å². The topological polar surface area (TPSA) is 64.3 Å². The Kier molecular flexibility index (Phi) is 4.55. The summed E-state index contributed by atoms with van der Waals surface area (Å²) in [6.45, 7) is 0.213. The molecule has 0 heterocycles. The number of hydrogen-bond acceptors (Lipinski definition) is 3. The van der Waals surface area contributed by atoms with Crippen molar-refractivity contribution < 1.29 is 13.9 Å². The van der Waals surface area contributed by atoms with Crippen molar-refractivity contribution in [2.45, 2.75) is 6.42 Å². The molecule has 0 bridgehead atoms. The van der Waals surface area contributed by atoms with E-state index in [1.54, 1.807) is 36.4 Å². The number of rotatable bonds is 5. The van der Waals surface area contributed by atoms with Gasteiger partial charge in [-0.2, -0.15) is 0 Å². The van der Waals surface area contributed by atoms with Crippen molar-refractivity contribution in [1.82, 2.24) is 0 Å². The second-order valence-corrected chi connectivity index (χ2v) is 4.20. The molecule has 20 heavy (non-hydrogen) atoms. The smallest absolute Gasteiger partial charge is 0.227 e. The summed E-state index contributed by atoms with van der Waals surface area (Å²) in [5.74, 6) is -0.122. The average molecular weight is 274 g/mol. The highest BCUT2D eigenvalue weighted by Gasteiger charge is 2.06. The minimum atomic E-state index is -0.458. The van der Waals surface area contributed by atoms with Gasteiger partial charge in [0, 0.05) is 5.69 Å². The van der Waals surface area contributed by atoms with Gasteiger partial charge in [0.25, 0.3) is 0 Å². The molecule has 0 atom stereocenters. The van der Waals surface area contributed by atoms with Gasteiger partial charge in [0.2, 0.25) is 5.91 Å². The Morgan fingerprint density at radius 1 is 1.15 bits per heavy atom. The predicted octanol–water partition coefficient (Wildman–Crippen LogP) is 2.82. The highest BCUT2D eigenvalue weighted by Crippen LogP contribution is 2.14. The summed E-state index contributed by atoms with van der Waals surface area (Å²) in [4.78, 5) is 11.6. The zero-order valence-electron chi connectivity index (χ0n) is 10.8. The number of nitrogens with one attached hydrogen (secondary N) is 1. The molecule has 0 spiro atoms. The maximum atomic E-state index is 13.3. The summed E-state index contributed by atoms with van der Waals surface area (Å²) in [5.41, 5.74) is 6.37. The minimum absolute atomic E-state index is 0.138. The van der Waals surface area contributed by atoms with Gasteiger partial charge in [-0.15, -0.1) is 0 Å². The van der Waals surface area contributed by atoms with E-state index in [1.807, 2.05) is 0 Å². The fourth-order valence-corrected chi connectivity index (χ4v) is 1.60. The van der Waals surface area contributed by atoms with Gasteiger partial charge in [0.15, 0.2) is 0 Å². The molecule has 1 amide bonds. The molecule has 4 nitrogen and oxygen atoms in total. The fraction of sp³-hybridized carbons (Fsp3) is 0.133. The van der Waals surface area contributed by atoms with Crippen molar-refractivity contribution in [3.8, 4) is 5.75 Å². The van der Waals surface area contributed by atoms with Crippen molar-refractivity contribution in [2.75, 3.05) is 17.7 Å². The first kappa shape index (κ1) is 13.9. The monoisotopic (exact) mass is 274 g/mol. The molecule has 2 aromatic rings. The summed E-state index contributed by atoms with van der Waals surface area (Å²) in [5, 5.41) is 2.49. The highest BCUT2D eigenvalue weighted by molar-refractivity contribution is 5.90. The first-order valence-electron chi connectivity index (χ1n) is 6.18. The van der Waals surface area contributed by atoms with Crippen LogP contribution in [0, 0.1) is 5.82 Å². The van der Waals surface area contributed by atoms with E-state index in [1.165, 1.54) is 12.1 Å². The van der Waals surface area contributed by atoms with Crippen LogP contribution in [0.25, 0.3) is 0 Å². The lowest BCUT2D eigenvalue weighted by atomic mass is 10.3. The van der Waals surface area contributed by atoms with Crippen LogP contribution < -0.4 is 15.8 Å². The maximum absolute atomic E-state index is 13.3. The standard InChI is InChI=1S/C15H15FN2O2/c16-13-3-1-2-4-14(13)18-15(19)9-10-20-12-7-5-11(17)6-8-12/h1-8H,9-10,17H2,(H,18,19). The number of halogens is 1. The zero-order valence-corrected chi connectivity index (χ0v) is 10.8. The Balaban J connectivity index is 1.78. The van der Waals surface area contributed by atoms with Crippen molar-refractivity contribution >= 4 is 17.3 Å². The highest BCUT2D eigenvalue weighted by atomic mass is 19.1. The van der Waals surface area contributed by atoms with Crippen LogP contribution in [0.3, 0.4) is 0 Å². The number of para-hydroxylation sites is 1. The molecule has 0 unspecified atom stereocenters. The number of carbonyl (C=O) groups is 1. The largest absolute Gasteiger partial charge is 0.493 e. The normalized spacial score (nSPS) is 10.1. The van der Waals surface area contributed by atoms with E-state index in [9.17, 15) is 9.18 Å². The molecule has 0 saturated heterocycles. The Morgan fingerprint density at radius 3 is 2.55 bits per heavy atom. The van der Waals surface area contributed by atoms with Crippen LogP contribution in [0.15, 0.2) is 48.5 Å². The van der Waals surface area contributed by atoms with Crippen LogP contribution in [0.1, 0.15) is 6.42 Å². The number of anilines is 2. The lowest BCUT2D eigenvalue weighted by Crippen LogP contribution is -2.15. The van der Waals surface area contributed by atoms with Gasteiger partial charge in [-0.1, -0.05) is 12.1 Å². The van der Waals surface area contributed by atoms with Gasteiger partial charge in [-0.25, -0.2) is 4.39 Å². The fourth-order valence-electron chi connectivity index (χ4n) is 1.60. The summed E-state index contributed by atoms with van der Waals surface area (Å²) < 4.78 is 18.7. The molecule has 0 radical (unpaired) electrons. The molecular formula is C15H15FN2O2. The van der Waals surface area contributed by atoms with Crippen LogP contribution in [0.2, 0.25) is 0 Å². The first-order chi connectivity index (χ1) is 9.65. The molecule has 0 aliphatic carbocycles. The van der Waals surface area contributed by atoms with E-state index < -0.39 is 5.82 Å². The Bertz CT molecular complexity index is 585. The third kappa shape index (κ3) is 3.98. The van der Waals surface area contributed by atoms with Crippen LogP contribution in [-0.2, 0) is 4.79 Å². The molecular weight excluding hydrogens is 259 g/mol. The molecule has 104 valence electrons. The maximum Gasteiger partial charge on any atom is 0.227 e. The second-order valence-electron chi connectivity index (χ2n) is 4.20. The van der Waals surface area contributed by atoms with Gasteiger partial charge in [-0.05, 0) is 36.4 Å². The Hall–Kier alpha value is -2.56. The lowest BCUT2D eigenvalue weighted by Gasteiger charge is -2.08. The molecule has 3 N–H and O–H groups in total. The quantitative estimate of drug-likeness (QED) is 0.824. The van der Waals surface area contributed by atoms with Gasteiger partial charge < -0.3 is 15.8 Å². The van der Waals surface area contributed by atoms with Gasteiger partial charge >= 0.3 is 0 Å². The summed E-state index contributed by atoms with van der Waals surface area (Å²) in [6.07, 6.45) is 0.138. The number of amides is 1. The Labute approximate surface area is 116 Å². The molecule has 0 aliphatic rings. The zero-order chi connectivity index (χ0) is 14.4. The number of benzene rings is 2. The van der Waals surface area contributed by atoms with Crippen molar-refractivity contribution in [2.24, 2.45) is 0 Å². The van der Waals surface area contributed by atoms with Crippen molar-refractivity contribution in [1.29, 1.82) is 0 Å². The number of carbonyl (C=O) groups excluding carboxylic acids is 1. The summed E-state index contributed by atoms with van der Waals surface area (Å²) in [6, 6.07) is 12.9. The van der Waals surface area contributed by atoms with Crippen molar-refractivity contribution in [3.05, 3.63) is 54.3 Å². The molecule has 2 aromatic carbocycles. The van der Waals surface area contributed by atoms with Crippen LogP contribution in [0.4, 0.5) is 15.8 Å². The number of nitrogens with two attached hydrogens (primary N) is 1. The first-order valence-corrected chi connectivity index (χ1v) is 6.18. The summed E-state index contributed by atoms with van der Waals surface area (Å²) in [7, 11) is 0. The van der Waals surface area contributed by atoms with Gasteiger partial charge in [0.05, 0.1) is 18.7 Å². The van der Waals surface area contributed by atoms with Crippen LogP contribution in [0.5, 0.6) is 5.75 Å². The molecule has 5 heteroatoms. The third-order valence-corrected chi connectivity index (χ3v) is 2.63. The second kappa shape index (κ2) is 6.56. The van der Waals surface area contributed by atoms with Crippen molar-refractivity contribution in [3.63, 3.8) is 0 Å². The SMILES string of the molecule is Nc1ccc(OCCC(=O)Nc2ccccc2F)cc1. The number of hydrogen-bond donors (Lipinski definition) is 2. The lowest BCUT2D eigenvalue weighted by molar-refractivity contribution is -0.116. The number of ether oxygens (including phenoxy) is 1. The minimum Gasteiger partial charge on any atom is -0.493 e. The third-order valence-electron chi connectivity index (χ3n) is 2.63. The van der Waals surface area contributed by atoms with E-state index in [0.717, 1.165) is 0 Å². The molecule has 2 rings (SSSR count). The van der Waals surface area contributed by atoms with E-state index in [0.29, 0.717) is 11.4 Å².